The number of quaternary nitrogens is 1. The van der Waals surface area contributed by atoms with Crippen molar-refractivity contribution >= 4 is 23.3 Å². The van der Waals surface area contributed by atoms with Crippen LogP contribution in [0.2, 0.25) is 0 Å². The van der Waals surface area contributed by atoms with Gasteiger partial charge in [0, 0.05) is 17.3 Å². The number of ketones is 1. The van der Waals surface area contributed by atoms with Gasteiger partial charge in [-0.3, -0.25) is 14.4 Å². The van der Waals surface area contributed by atoms with Gasteiger partial charge in [0.2, 0.25) is 0 Å². The van der Waals surface area contributed by atoms with E-state index in [1.807, 2.05) is 7.05 Å². The number of likely N-dealkylation sites (N-methyl/N-ethyl adjacent to an activating group) is 1. The second-order valence-corrected chi connectivity index (χ2v) is 6.21. The number of hydrogen-bond donors (Lipinski definition) is 3. The van der Waals surface area contributed by atoms with Crippen LogP contribution in [0.15, 0.2) is 24.3 Å². The van der Waals surface area contributed by atoms with Crippen molar-refractivity contribution in [1.29, 1.82) is 0 Å². The third-order valence-electron chi connectivity index (χ3n) is 4.07. The largest absolute Gasteiger partial charge is 0.348 e. The Hall–Kier alpha value is -2.21. The van der Waals surface area contributed by atoms with Crippen molar-refractivity contribution in [3.8, 4) is 0 Å². The van der Waals surface area contributed by atoms with Gasteiger partial charge in [0.1, 0.15) is 0 Å². The molecule has 1 aliphatic rings. The zero-order chi connectivity index (χ0) is 17.0. The normalized spacial score (nSPS) is 16.3. The first-order valence-corrected chi connectivity index (χ1v) is 7.90. The Morgan fingerprint density at radius 1 is 1.22 bits per heavy atom. The van der Waals surface area contributed by atoms with Crippen LogP contribution in [0.25, 0.3) is 0 Å². The highest BCUT2D eigenvalue weighted by Crippen LogP contribution is 2.18. The lowest BCUT2D eigenvalue weighted by molar-refractivity contribution is -0.885. The maximum Gasteiger partial charge on any atom is 0.282 e. The van der Waals surface area contributed by atoms with Gasteiger partial charge in [0.05, 0.1) is 7.05 Å². The first-order chi connectivity index (χ1) is 10.9. The van der Waals surface area contributed by atoms with Crippen LogP contribution in [0, 0.1) is 0 Å². The third kappa shape index (κ3) is 5.17. The zero-order valence-electron chi connectivity index (χ0n) is 13.8. The predicted octanol–water partition coefficient (Wildman–Crippen LogP) is 0.00950. The number of rotatable bonds is 7. The molecule has 2 amide bonds. The van der Waals surface area contributed by atoms with Crippen LogP contribution in [0.4, 0.5) is 5.69 Å². The van der Waals surface area contributed by atoms with Crippen LogP contribution in [0.1, 0.15) is 37.0 Å². The Kier molecular flexibility index (Phi) is 5.50. The van der Waals surface area contributed by atoms with Crippen LogP contribution < -0.4 is 15.5 Å². The van der Waals surface area contributed by atoms with Crippen molar-refractivity contribution < 1.29 is 19.3 Å². The molecule has 124 valence electrons. The third-order valence-corrected chi connectivity index (χ3v) is 4.07. The van der Waals surface area contributed by atoms with E-state index in [1.165, 1.54) is 6.92 Å². The number of anilines is 1. The van der Waals surface area contributed by atoms with Crippen LogP contribution in [0.5, 0.6) is 0 Å². The second kappa shape index (κ2) is 7.37. The molecule has 3 N–H and O–H groups in total. The highest BCUT2D eigenvalue weighted by Gasteiger charge is 2.27. The van der Waals surface area contributed by atoms with Gasteiger partial charge in [-0.2, -0.15) is 0 Å². The summed E-state index contributed by atoms with van der Waals surface area (Å²) in [6.07, 6.45) is 2.11. The van der Waals surface area contributed by atoms with Crippen molar-refractivity contribution in [2.45, 2.75) is 38.8 Å². The summed E-state index contributed by atoms with van der Waals surface area (Å²) in [6, 6.07) is 6.75. The first kappa shape index (κ1) is 17.1. The van der Waals surface area contributed by atoms with Crippen LogP contribution in [-0.4, -0.2) is 43.3 Å². The Labute approximate surface area is 136 Å². The number of amides is 2. The monoisotopic (exact) mass is 318 g/mol. The summed E-state index contributed by atoms with van der Waals surface area (Å²) >= 11 is 0. The molecule has 0 bridgehead atoms. The van der Waals surface area contributed by atoms with Gasteiger partial charge >= 0.3 is 0 Å². The molecule has 0 spiro atoms. The standard InChI is InChI=1S/C17H23N3O3/c1-11(20(3)10-16(22)18-14-8-9-14)17(23)19-15-6-4-13(5-7-15)12(2)21/h4-7,11,14H,8-10H2,1-3H3,(H,18,22)(H,19,23)/p+1/t11-/m1/s1. The molecular weight excluding hydrogens is 294 g/mol. The maximum atomic E-state index is 12.3. The molecule has 0 aliphatic heterocycles. The van der Waals surface area contributed by atoms with Crippen LogP contribution in [-0.2, 0) is 9.59 Å². The number of benzene rings is 1. The predicted molar refractivity (Wildman–Crippen MR) is 87.5 cm³/mol. The van der Waals surface area contributed by atoms with Gasteiger partial charge in [-0.15, -0.1) is 0 Å². The average molecular weight is 318 g/mol. The number of hydrogen-bond acceptors (Lipinski definition) is 3. The van der Waals surface area contributed by atoms with Gasteiger partial charge in [0.15, 0.2) is 18.4 Å². The SMILES string of the molecule is CC(=O)c1ccc(NC(=O)[C@@H](C)[NH+](C)CC(=O)NC2CC2)cc1. The highest BCUT2D eigenvalue weighted by atomic mass is 16.2. The van der Waals surface area contributed by atoms with E-state index in [1.54, 1.807) is 31.2 Å². The van der Waals surface area contributed by atoms with E-state index in [9.17, 15) is 14.4 Å². The Balaban J connectivity index is 1.85. The summed E-state index contributed by atoms with van der Waals surface area (Å²) in [7, 11) is 1.83. The molecule has 1 aliphatic carbocycles. The number of Topliss-reactive ketones (excluding diaryl/α,β-unsaturated/α-hetero) is 1. The molecule has 2 atom stereocenters. The van der Waals surface area contributed by atoms with E-state index in [0.717, 1.165) is 17.7 Å². The van der Waals surface area contributed by atoms with Crippen LogP contribution >= 0.6 is 0 Å². The minimum Gasteiger partial charge on any atom is -0.348 e. The molecule has 2 rings (SSSR count). The summed E-state index contributed by atoms with van der Waals surface area (Å²) in [5.41, 5.74) is 1.25. The fraction of sp³-hybridized carbons (Fsp3) is 0.471. The quantitative estimate of drug-likeness (QED) is 0.620. The van der Waals surface area contributed by atoms with Gasteiger partial charge in [-0.05, 0) is 51.0 Å². The van der Waals surface area contributed by atoms with Crippen molar-refractivity contribution in [1.82, 2.24) is 5.32 Å². The van der Waals surface area contributed by atoms with E-state index in [2.05, 4.69) is 10.6 Å². The van der Waals surface area contributed by atoms with E-state index in [-0.39, 0.29) is 30.2 Å². The van der Waals surface area contributed by atoms with Crippen molar-refractivity contribution in [3.05, 3.63) is 29.8 Å². The number of nitrogens with one attached hydrogen (secondary N) is 3. The Bertz CT molecular complexity index is 594. The summed E-state index contributed by atoms with van der Waals surface area (Å²) < 4.78 is 0. The van der Waals surface area contributed by atoms with E-state index >= 15 is 0 Å². The molecular formula is C17H24N3O3+. The molecule has 1 saturated carbocycles. The van der Waals surface area contributed by atoms with Gasteiger partial charge in [-0.1, -0.05) is 0 Å². The number of carbonyl (C=O) groups excluding carboxylic acids is 3. The maximum absolute atomic E-state index is 12.3. The first-order valence-electron chi connectivity index (χ1n) is 7.90. The van der Waals surface area contributed by atoms with E-state index in [0.29, 0.717) is 17.3 Å². The molecule has 0 heterocycles. The molecule has 6 heteroatoms. The van der Waals surface area contributed by atoms with Gasteiger partial charge in [0.25, 0.3) is 11.8 Å². The molecule has 0 saturated heterocycles. The summed E-state index contributed by atoms with van der Waals surface area (Å²) in [6.45, 7) is 3.56. The minimum absolute atomic E-state index is 0.0119. The minimum atomic E-state index is -0.354. The van der Waals surface area contributed by atoms with Crippen molar-refractivity contribution in [2.75, 3.05) is 18.9 Å². The molecule has 1 unspecified atom stereocenters. The van der Waals surface area contributed by atoms with E-state index in [4.69, 9.17) is 0 Å². The molecule has 1 aromatic rings. The van der Waals surface area contributed by atoms with Crippen LogP contribution in [0.3, 0.4) is 0 Å². The topological polar surface area (TPSA) is 79.7 Å². The Morgan fingerprint density at radius 3 is 2.35 bits per heavy atom. The lowest BCUT2D eigenvalue weighted by Gasteiger charge is -2.20. The summed E-state index contributed by atoms with van der Waals surface area (Å²) in [5.74, 6) is -0.185. The molecule has 1 fully saturated rings. The second-order valence-electron chi connectivity index (χ2n) is 6.21. The van der Waals surface area contributed by atoms with Gasteiger partial charge in [-0.25, -0.2) is 0 Å². The molecule has 0 radical (unpaired) electrons. The smallest absolute Gasteiger partial charge is 0.282 e. The lowest BCUT2D eigenvalue weighted by Crippen LogP contribution is -3.15. The Morgan fingerprint density at radius 2 is 1.83 bits per heavy atom. The number of carbonyl (C=O) groups is 3. The van der Waals surface area contributed by atoms with Crippen molar-refractivity contribution in [3.63, 3.8) is 0 Å². The summed E-state index contributed by atoms with van der Waals surface area (Å²) in [5, 5.41) is 5.73. The van der Waals surface area contributed by atoms with E-state index < -0.39 is 0 Å². The lowest BCUT2D eigenvalue weighted by atomic mass is 10.1. The molecule has 0 aromatic heterocycles. The van der Waals surface area contributed by atoms with Crippen molar-refractivity contribution in [2.24, 2.45) is 0 Å². The fourth-order valence-electron chi connectivity index (χ4n) is 2.18. The highest BCUT2D eigenvalue weighted by molar-refractivity contribution is 5.96. The summed E-state index contributed by atoms with van der Waals surface area (Å²) in [4.78, 5) is 36.1. The average Bonchev–Trinajstić information content (AvgIpc) is 3.30. The zero-order valence-corrected chi connectivity index (χ0v) is 13.8. The fourth-order valence-corrected chi connectivity index (χ4v) is 2.18. The molecule has 23 heavy (non-hydrogen) atoms. The molecule has 6 nitrogen and oxygen atoms in total. The molecule has 1 aromatic carbocycles. The van der Waals surface area contributed by atoms with Gasteiger partial charge < -0.3 is 15.5 Å².